The molecule has 3 aromatic heterocycles. The molecule has 4 heterocycles. The van der Waals surface area contributed by atoms with E-state index in [1.54, 1.807) is 6.20 Å². The van der Waals surface area contributed by atoms with Crippen molar-refractivity contribution in [2.75, 3.05) is 6.54 Å². The van der Waals surface area contributed by atoms with E-state index in [0.29, 0.717) is 0 Å². The number of nitrogens with zero attached hydrogens (tertiary/aromatic N) is 4. The second-order valence-electron chi connectivity index (χ2n) is 5.42. The number of hydrogen-bond donors (Lipinski definition) is 0. The SMILES string of the molecule is c1ccc(-c2ncc3c(n2)CN(Cc2cccs2)CC3)nc1. The Bertz CT molecular complexity index is 756. The van der Waals surface area contributed by atoms with Crippen molar-refractivity contribution < 1.29 is 0 Å². The number of thiophene rings is 1. The van der Waals surface area contributed by atoms with Crippen molar-refractivity contribution in [3.63, 3.8) is 0 Å². The lowest BCUT2D eigenvalue weighted by Gasteiger charge is -2.27. The van der Waals surface area contributed by atoms with Crippen LogP contribution in [0.25, 0.3) is 11.5 Å². The fraction of sp³-hybridized carbons (Fsp3) is 0.235. The van der Waals surface area contributed by atoms with Gasteiger partial charge in [0.2, 0.25) is 0 Å². The van der Waals surface area contributed by atoms with Crippen LogP contribution in [0.3, 0.4) is 0 Å². The molecule has 0 radical (unpaired) electrons. The quantitative estimate of drug-likeness (QED) is 0.745. The Labute approximate surface area is 133 Å². The molecule has 3 aromatic rings. The molecule has 0 saturated carbocycles. The van der Waals surface area contributed by atoms with Crippen molar-refractivity contribution in [1.82, 2.24) is 19.9 Å². The first kappa shape index (κ1) is 13.5. The summed E-state index contributed by atoms with van der Waals surface area (Å²) in [6, 6.07) is 10.1. The van der Waals surface area contributed by atoms with Gasteiger partial charge in [0.1, 0.15) is 5.69 Å². The lowest BCUT2D eigenvalue weighted by Crippen LogP contribution is -2.30. The molecule has 0 amide bonds. The van der Waals surface area contributed by atoms with Gasteiger partial charge < -0.3 is 0 Å². The summed E-state index contributed by atoms with van der Waals surface area (Å²) < 4.78 is 0. The summed E-state index contributed by atoms with van der Waals surface area (Å²) in [5.74, 6) is 0.720. The molecule has 0 aliphatic carbocycles. The minimum Gasteiger partial charge on any atom is -0.292 e. The van der Waals surface area contributed by atoms with Gasteiger partial charge in [-0.05, 0) is 35.6 Å². The highest BCUT2D eigenvalue weighted by Crippen LogP contribution is 2.22. The van der Waals surface area contributed by atoms with Crippen LogP contribution in [0.1, 0.15) is 16.1 Å². The van der Waals surface area contributed by atoms with E-state index in [2.05, 4.69) is 32.4 Å². The number of hydrogen-bond acceptors (Lipinski definition) is 5. The fourth-order valence-electron chi connectivity index (χ4n) is 2.73. The van der Waals surface area contributed by atoms with Gasteiger partial charge >= 0.3 is 0 Å². The van der Waals surface area contributed by atoms with Gasteiger partial charge in [0.15, 0.2) is 5.82 Å². The largest absolute Gasteiger partial charge is 0.292 e. The zero-order chi connectivity index (χ0) is 14.8. The number of aromatic nitrogens is 3. The van der Waals surface area contributed by atoms with E-state index >= 15 is 0 Å². The lowest BCUT2D eigenvalue weighted by molar-refractivity contribution is 0.243. The second kappa shape index (κ2) is 5.94. The Balaban J connectivity index is 1.58. The van der Waals surface area contributed by atoms with E-state index in [0.717, 1.165) is 43.3 Å². The van der Waals surface area contributed by atoms with Crippen LogP contribution in [0.2, 0.25) is 0 Å². The van der Waals surface area contributed by atoms with Gasteiger partial charge in [-0.2, -0.15) is 0 Å². The number of fused-ring (bicyclic) bond motifs is 1. The van der Waals surface area contributed by atoms with Crippen molar-refractivity contribution in [3.05, 3.63) is 64.2 Å². The van der Waals surface area contributed by atoms with Crippen LogP contribution in [0.5, 0.6) is 0 Å². The van der Waals surface area contributed by atoms with Gasteiger partial charge in [-0.1, -0.05) is 12.1 Å². The predicted octanol–water partition coefficient (Wildman–Crippen LogP) is 3.16. The molecule has 0 saturated heterocycles. The highest BCUT2D eigenvalue weighted by atomic mass is 32.1. The molecule has 0 spiro atoms. The molecule has 1 aliphatic rings. The number of pyridine rings is 1. The lowest BCUT2D eigenvalue weighted by atomic mass is 10.1. The molecular formula is C17H16N4S. The molecule has 0 aromatic carbocycles. The highest BCUT2D eigenvalue weighted by Gasteiger charge is 2.19. The average molecular weight is 308 g/mol. The Morgan fingerprint density at radius 1 is 1.14 bits per heavy atom. The van der Waals surface area contributed by atoms with Crippen LogP contribution < -0.4 is 0 Å². The molecule has 0 atom stereocenters. The van der Waals surface area contributed by atoms with Gasteiger partial charge in [-0.3, -0.25) is 9.88 Å². The van der Waals surface area contributed by atoms with Crippen molar-refractivity contribution in [1.29, 1.82) is 0 Å². The van der Waals surface area contributed by atoms with Crippen LogP contribution >= 0.6 is 11.3 Å². The first-order chi connectivity index (χ1) is 10.9. The zero-order valence-corrected chi connectivity index (χ0v) is 13.0. The van der Waals surface area contributed by atoms with Crippen LogP contribution in [0.4, 0.5) is 0 Å². The third-order valence-electron chi connectivity index (χ3n) is 3.88. The summed E-state index contributed by atoms with van der Waals surface area (Å²) >= 11 is 1.81. The standard InChI is InChI=1S/C17H16N4S/c1-2-7-18-15(5-1)17-19-10-13-6-8-21(12-16(13)20-17)11-14-4-3-9-22-14/h1-5,7,9-10H,6,8,11-12H2. The second-order valence-corrected chi connectivity index (χ2v) is 6.45. The summed E-state index contributed by atoms with van der Waals surface area (Å²) in [4.78, 5) is 17.4. The highest BCUT2D eigenvalue weighted by molar-refractivity contribution is 7.09. The van der Waals surface area contributed by atoms with E-state index in [9.17, 15) is 0 Å². The summed E-state index contributed by atoms with van der Waals surface area (Å²) in [5, 5.41) is 2.13. The average Bonchev–Trinajstić information content (AvgIpc) is 3.08. The molecule has 0 fully saturated rings. The zero-order valence-electron chi connectivity index (χ0n) is 12.1. The van der Waals surface area contributed by atoms with Crippen molar-refractivity contribution in [2.45, 2.75) is 19.5 Å². The van der Waals surface area contributed by atoms with E-state index < -0.39 is 0 Å². The maximum atomic E-state index is 4.75. The van der Waals surface area contributed by atoms with Gasteiger partial charge in [0.05, 0.1) is 5.69 Å². The monoisotopic (exact) mass is 308 g/mol. The van der Waals surface area contributed by atoms with Crippen molar-refractivity contribution in [3.8, 4) is 11.5 Å². The maximum absolute atomic E-state index is 4.75. The van der Waals surface area contributed by atoms with Crippen LogP contribution in [-0.2, 0) is 19.5 Å². The Hall–Kier alpha value is -2.11. The smallest absolute Gasteiger partial charge is 0.178 e. The normalized spacial score (nSPS) is 14.7. The van der Waals surface area contributed by atoms with E-state index in [4.69, 9.17) is 4.98 Å². The predicted molar refractivity (Wildman–Crippen MR) is 87.4 cm³/mol. The molecule has 110 valence electrons. The van der Waals surface area contributed by atoms with Crippen molar-refractivity contribution in [2.24, 2.45) is 0 Å². The molecule has 0 N–H and O–H groups in total. The molecule has 0 unspecified atom stereocenters. The molecular weight excluding hydrogens is 292 g/mol. The summed E-state index contributed by atoms with van der Waals surface area (Å²) in [6.45, 7) is 2.95. The third kappa shape index (κ3) is 2.77. The third-order valence-corrected chi connectivity index (χ3v) is 4.74. The topological polar surface area (TPSA) is 41.9 Å². The van der Waals surface area contributed by atoms with Crippen LogP contribution in [0, 0.1) is 0 Å². The molecule has 4 rings (SSSR count). The summed E-state index contributed by atoms with van der Waals surface area (Å²) in [6.07, 6.45) is 4.76. The Morgan fingerprint density at radius 3 is 2.95 bits per heavy atom. The van der Waals surface area contributed by atoms with E-state index in [-0.39, 0.29) is 0 Å². The minimum atomic E-state index is 0.720. The molecule has 4 nitrogen and oxygen atoms in total. The van der Waals surface area contributed by atoms with Crippen LogP contribution in [-0.4, -0.2) is 26.4 Å². The van der Waals surface area contributed by atoms with Gasteiger partial charge in [0, 0.05) is 36.9 Å². The Kier molecular flexibility index (Phi) is 3.66. The summed E-state index contributed by atoms with van der Waals surface area (Å²) in [7, 11) is 0. The van der Waals surface area contributed by atoms with Gasteiger partial charge in [0.25, 0.3) is 0 Å². The number of rotatable bonds is 3. The molecule has 1 aliphatic heterocycles. The van der Waals surface area contributed by atoms with Crippen molar-refractivity contribution >= 4 is 11.3 Å². The fourth-order valence-corrected chi connectivity index (χ4v) is 3.48. The minimum absolute atomic E-state index is 0.720. The molecule has 0 bridgehead atoms. The maximum Gasteiger partial charge on any atom is 0.178 e. The molecule has 22 heavy (non-hydrogen) atoms. The molecule has 5 heteroatoms. The first-order valence-electron chi connectivity index (χ1n) is 7.39. The first-order valence-corrected chi connectivity index (χ1v) is 8.27. The van der Waals surface area contributed by atoms with Crippen LogP contribution in [0.15, 0.2) is 48.1 Å². The van der Waals surface area contributed by atoms with Gasteiger partial charge in [-0.15, -0.1) is 11.3 Å². The Morgan fingerprint density at radius 2 is 2.14 bits per heavy atom. The van der Waals surface area contributed by atoms with E-state index in [1.807, 2.05) is 35.7 Å². The van der Waals surface area contributed by atoms with E-state index in [1.165, 1.54) is 10.4 Å². The summed E-state index contributed by atoms with van der Waals surface area (Å²) in [5.41, 5.74) is 3.24. The van der Waals surface area contributed by atoms with Gasteiger partial charge in [-0.25, -0.2) is 9.97 Å².